The van der Waals surface area contributed by atoms with Crippen molar-refractivity contribution in [1.29, 1.82) is 0 Å². The molecule has 0 saturated heterocycles. The van der Waals surface area contributed by atoms with Crippen molar-refractivity contribution >= 4 is 11.6 Å². The van der Waals surface area contributed by atoms with E-state index in [-0.39, 0.29) is 5.91 Å². The van der Waals surface area contributed by atoms with Gasteiger partial charge in [-0.2, -0.15) is 0 Å². The summed E-state index contributed by atoms with van der Waals surface area (Å²) < 4.78 is 0. The van der Waals surface area contributed by atoms with Gasteiger partial charge in [0.25, 0.3) is 5.91 Å². The van der Waals surface area contributed by atoms with E-state index in [0.717, 1.165) is 12.8 Å². The summed E-state index contributed by atoms with van der Waals surface area (Å²) in [5.41, 5.74) is 3.09. The van der Waals surface area contributed by atoms with Gasteiger partial charge >= 0.3 is 0 Å². The average molecular weight is 283 g/mol. The number of nitrogens with one attached hydrogen (secondary N) is 1. The van der Waals surface area contributed by atoms with Gasteiger partial charge < -0.3 is 10.2 Å². The van der Waals surface area contributed by atoms with Crippen LogP contribution in [0.25, 0.3) is 0 Å². The molecule has 4 nitrogen and oxygen atoms in total. The highest BCUT2D eigenvalue weighted by molar-refractivity contribution is 5.93. The monoisotopic (exact) mass is 283 g/mol. The Bertz CT molecular complexity index is 564. The van der Waals surface area contributed by atoms with Crippen molar-refractivity contribution in [2.45, 2.75) is 12.8 Å². The maximum atomic E-state index is 11.8. The Morgan fingerprint density at radius 2 is 1.95 bits per heavy atom. The van der Waals surface area contributed by atoms with Crippen LogP contribution < -0.4 is 10.2 Å². The van der Waals surface area contributed by atoms with E-state index in [2.05, 4.69) is 39.5 Å². The molecule has 1 amide bonds. The first kappa shape index (κ1) is 15.0. The van der Waals surface area contributed by atoms with Crippen LogP contribution in [0.3, 0.4) is 0 Å². The molecular weight excluding hydrogens is 262 g/mol. The maximum absolute atomic E-state index is 11.8. The number of rotatable bonds is 6. The molecule has 0 unspecified atom stereocenters. The summed E-state index contributed by atoms with van der Waals surface area (Å²) >= 11 is 0. The molecular formula is C17H21N3O. The number of amides is 1. The van der Waals surface area contributed by atoms with Crippen molar-refractivity contribution in [3.8, 4) is 0 Å². The van der Waals surface area contributed by atoms with Crippen molar-refractivity contribution in [1.82, 2.24) is 10.3 Å². The number of aryl methyl sites for hydroxylation is 1. The number of carbonyl (C=O) groups excluding carboxylic acids is 1. The van der Waals surface area contributed by atoms with Crippen LogP contribution in [0.15, 0.2) is 48.8 Å². The highest BCUT2D eigenvalue weighted by Crippen LogP contribution is 2.13. The van der Waals surface area contributed by atoms with Crippen LogP contribution in [0, 0.1) is 0 Å². The maximum Gasteiger partial charge on any atom is 0.252 e. The van der Waals surface area contributed by atoms with Crippen LogP contribution in [-0.4, -0.2) is 31.5 Å². The third-order valence-corrected chi connectivity index (χ3v) is 3.30. The molecule has 1 heterocycles. The zero-order chi connectivity index (χ0) is 15.1. The fourth-order valence-corrected chi connectivity index (χ4v) is 2.05. The zero-order valence-corrected chi connectivity index (χ0v) is 12.5. The predicted octanol–water partition coefficient (Wildman–Crippen LogP) is 2.51. The zero-order valence-electron chi connectivity index (χ0n) is 12.5. The van der Waals surface area contributed by atoms with E-state index in [1.165, 1.54) is 11.3 Å². The van der Waals surface area contributed by atoms with Crippen LogP contribution in [0.5, 0.6) is 0 Å². The number of hydrogen-bond acceptors (Lipinski definition) is 3. The van der Waals surface area contributed by atoms with E-state index in [4.69, 9.17) is 0 Å². The van der Waals surface area contributed by atoms with Gasteiger partial charge in [-0.05, 0) is 42.7 Å². The first-order valence-corrected chi connectivity index (χ1v) is 7.11. The molecule has 0 radical (unpaired) electrons. The number of carbonyl (C=O) groups is 1. The van der Waals surface area contributed by atoms with Crippen LogP contribution in [0.4, 0.5) is 5.69 Å². The van der Waals surface area contributed by atoms with E-state index >= 15 is 0 Å². The lowest BCUT2D eigenvalue weighted by Crippen LogP contribution is -2.24. The summed E-state index contributed by atoms with van der Waals surface area (Å²) in [7, 11) is 4.06. The van der Waals surface area contributed by atoms with Crippen LogP contribution in [0.2, 0.25) is 0 Å². The van der Waals surface area contributed by atoms with Crippen LogP contribution >= 0.6 is 0 Å². The second kappa shape index (κ2) is 7.43. The van der Waals surface area contributed by atoms with Gasteiger partial charge in [0, 0.05) is 38.7 Å². The summed E-state index contributed by atoms with van der Waals surface area (Å²) in [4.78, 5) is 17.8. The molecule has 2 rings (SSSR count). The number of pyridine rings is 1. The molecule has 0 aliphatic carbocycles. The smallest absolute Gasteiger partial charge is 0.252 e. The Morgan fingerprint density at radius 1 is 1.19 bits per heavy atom. The SMILES string of the molecule is CN(C)c1ccc(CCCNC(=O)c2cccnc2)cc1. The summed E-state index contributed by atoms with van der Waals surface area (Å²) in [5.74, 6) is -0.0638. The summed E-state index contributed by atoms with van der Waals surface area (Å²) in [5, 5.41) is 2.91. The fourth-order valence-electron chi connectivity index (χ4n) is 2.05. The third kappa shape index (κ3) is 4.60. The van der Waals surface area contributed by atoms with Gasteiger partial charge in [0.05, 0.1) is 5.56 Å². The Balaban J connectivity index is 1.73. The Hall–Kier alpha value is -2.36. The third-order valence-electron chi connectivity index (χ3n) is 3.30. The highest BCUT2D eigenvalue weighted by Gasteiger charge is 2.03. The van der Waals surface area contributed by atoms with Crippen molar-refractivity contribution in [3.05, 3.63) is 59.9 Å². The van der Waals surface area contributed by atoms with Gasteiger partial charge in [-0.15, -0.1) is 0 Å². The molecule has 0 saturated carbocycles. The number of nitrogens with zero attached hydrogens (tertiary/aromatic N) is 2. The Morgan fingerprint density at radius 3 is 2.57 bits per heavy atom. The lowest BCUT2D eigenvalue weighted by molar-refractivity contribution is 0.0953. The van der Waals surface area contributed by atoms with Crippen molar-refractivity contribution in [3.63, 3.8) is 0 Å². The Labute approximate surface area is 125 Å². The number of benzene rings is 1. The van der Waals surface area contributed by atoms with Crippen LogP contribution in [0.1, 0.15) is 22.3 Å². The minimum absolute atomic E-state index is 0.0638. The molecule has 110 valence electrons. The average Bonchev–Trinajstić information content (AvgIpc) is 2.52. The lowest BCUT2D eigenvalue weighted by Gasteiger charge is -2.12. The molecule has 0 bridgehead atoms. The molecule has 1 aromatic heterocycles. The van der Waals surface area contributed by atoms with Crippen LogP contribution in [-0.2, 0) is 6.42 Å². The van der Waals surface area contributed by atoms with Gasteiger partial charge in [-0.3, -0.25) is 9.78 Å². The molecule has 1 aromatic carbocycles. The standard InChI is InChI=1S/C17H21N3O/c1-20(2)16-9-7-14(8-10-16)5-3-12-19-17(21)15-6-4-11-18-13-15/h4,6-11,13H,3,5,12H2,1-2H3,(H,19,21). The lowest BCUT2D eigenvalue weighted by atomic mass is 10.1. The molecule has 1 N–H and O–H groups in total. The topological polar surface area (TPSA) is 45.2 Å². The van der Waals surface area contributed by atoms with Crippen molar-refractivity contribution in [2.75, 3.05) is 25.5 Å². The van der Waals surface area contributed by atoms with Gasteiger partial charge in [0.1, 0.15) is 0 Å². The van der Waals surface area contributed by atoms with Crippen molar-refractivity contribution < 1.29 is 4.79 Å². The van der Waals surface area contributed by atoms with Gasteiger partial charge in [0.2, 0.25) is 0 Å². The first-order chi connectivity index (χ1) is 10.2. The molecule has 0 aliphatic heterocycles. The molecule has 2 aromatic rings. The molecule has 0 aliphatic rings. The van der Waals surface area contributed by atoms with E-state index in [9.17, 15) is 4.79 Å². The molecule has 0 atom stereocenters. The minimum Gasteiger partial charge on any atom is -0.378 e. The summed E-state index contributed by atoms with van der Waals surface area (Å²) in [6.45, 7) is 0.670. The Kier molecular flexibility index (Phi) is 5.32. The first-order valence-electron chi connectivity index (χ1n) is 7.11. The van der Waals surface area contributed by atoms with E-state index in [1.54, 1.807) is 24.5 Å². The second-order valence-electron chi connectivity index (χ2n) is 5.16. The van der Waals surface area contributed by atoms with Gasteiger partial charge in [-0.25, -0.2) is 0 Å². The highest BCUT2D eigenvalue weighted by atomic mass is 16.1. The number of hydrogen-bond donors (Lipinski definition) is 1. The van der Waals surface area contributed by atoms with Gasteiger partial charge in [0.15, 0.2) is 0 Å². The summed E-state index contributed by atoms with van der Waals surface area (Å²) in [6, 6.07) is 12.0. The molecule has 0 spiro atoms. The van der Waals surface area contributed by atoms with E-state index in [1.807, 2.05) is 14.1 Å². The molecule has 21 heavy (non-hydrogen) atoms. The van der Waals surface area contributed by atoms with E-state index in [0.29, 0.717) is 12.1 Å². The molecule has 4 heteroatoms. The predicted molar refractivity (Wildman–Crippen MR) is 85.7 cm³/mol. The van der Waals surface area contributed by atoms with Gasteiger partial charge in [-0.1, -0.05) is 12.1 Å². The fraction of sp³-hybridized carbons (Fsp3) is 0.294. The van der Waals surface area contributed by atoms with Crippen molar-refractivity contribution in [2.24, 2.45) is 0 Å². The number of aromatic nitrogens is 1. The van der Waals surface area contributed by atoms with E-state index < -0.39 is 0 Å². The largest absolute Gasteiger partial charge is 0.378 e. The number of anilines is 1. The molecule has 0 fully saturated rings. The quantitative estimate of drug-likeness (QED) is 0.829. The summed E-state index contributed by atoms with van der Waals surface area (Å²) in [6.07, 6.45) is 5.12. The second-order valence-corrected chi connectivity index (χ2v) is 5.16. The minimum atomic E-state index is -0.0638. The normalized spacial score (nSPS) is 10.2.